The maximum absolute atomic E-state index is 11.1. The molecule has 14 heavy (non-hydrogen) atoms. The summed E-state index contributed by atoms with van der Waals surface area (Å²) in [4.78, 5) is 11.1. The van der Waals surface area contributed by atoms with Gasteiger partial charge in [0.1, 0.15) is 0 Å². The molecule has 1 fully saturated rings. The summed E-state index contributed by atoms with van der Waals surface area (Å²) >= 11 is 0. The first-order valence-corrected chi connectivity index (χ1v) is 4.75. The number of ether oxygens (including phenoxy) is 2. The lowest BCUT2D eigenvalue weighted by Gasteiger charge is -2.17. The summed E-state index contributed by atoms with van der Waals surface area (Å²) in [5.74, 6) is -0.709. The second kappa shape index (κ2) is 5.29. The lowest BCUT2D eigenvalue weighted by atomic mass is 9.96. The van der Waals surface area contributed by atoms with Crippen molar-refractivity contribution in [1.82, 2.24) is 0 Å². The molecule has 0 amide bonds. The molecule has 2 N–H and O–H groups in total. The summed E-state index contributed by atoms with van der Waals surface area (Å²) in [5, 5.41) is 18.4. The van der Waals surface area contributed by atoms with Crippen LogP contribution in [-0.4, -0.2) is 48.2 Å². The van der Waals surface area contributed by atoms with E-state index in [-0.39, 0.29) is 31.5 Å². The van der Waals surface area contributed by atoms with Crippen LogP contribution < -0.4 is 0 Å². The molecule has 1 rings (SSSR count). The van der Waals surface area contributed by atoms with E-state index in [9.17, 15) is 9.90 Å². The zero-order chi connectivity index (χ0) is 10.6. The standard InChI is InChI=1S/C9H16O5/c1-2-13-9(12)3-6-7(11)5-14-8(6)4-10/h6-8,10-11H,2-5H2,1H3. The number of carbonyl (C=O) groups is 1. The molecule has 1 heterocycles. The molecule has 82 valence electrons. The van der Waals surface area contributed by atoms with Gasteiger partial charge in [0.05, 0.1) is 38.4 Å². The van der Waals surface area contributed by atoms with Gasteiger partial charge in [-0.25, -0.2) is 0 Å². The monoisotopic (exact) mass is 204 g/mol. The summed E-state index contributed by atoms with van der Waals surface area (Å²) in [6.45, 7) is 2.05. The second-order valence-corrected chi connectivity index (χ2v) is 3.29. The van der Waals surface area contributed by atoms with Crippen LogP contribution in [0.15, 0.2) is 0 Å². The number of hydrogen-bond acceptors (Lipinski definition) is 5. The molecule has 0 radical (unpaired) electrons. The van der Waals surface area contributed by atoms with E-state index in [1.54, 1.807) is 6.92 Å². The van der Waals surface area contributed by atoms with Gasteiger partial charge in [0, 0.05) is 5.92 Å². The van der Waals surface area contributed by atoms with Gasteiger partial charge in [0.15, 0.2) is 0 Å². The minimum atomic E-state index is -0.684. The van der Waals surface area contributed by atoms with Crippen molar-refractivity contribution in [2.24, 2.45) is 5.92 Å². The Morgan fingerprint density at radius 2 is 2.36 bits per heavy atom. The summed E-state index contributed by atoms with van der Waals surface area (Å²) in [5.41, 5.74) is 0. The summed E-state index contributed by atoms with van der Waals surface area (Å²) < 4.78 is 9.86. The van der Waals surface area contributed by atoms with Crippen molar-refractivity contribution >= 4 is 5.97 Å². The molecule has 1 aliphatic rings. The Labute approximate surface area is 82.6 Å². The lowest BCUT2D eigenvalue weighted by molar-refractivity contribution is -0.145. The Kier molecular flexibility index (Phi) is 4.31. The number of hydrogen-bond donors (Lipinski definition) is 2. The zero-order valence-corrected chi connectivity index (χ0v) is 8.18. The van der Waals surface area contributed by atoms with Crippen LogP contribution in [0.1, 0.15) is 13.3 Å². The Morgan fingerprint density at radius 3 is 2.93 bits per heavy atom. The van der Waals surface area contributed by atoms with Gasteiger partial charge < -0.3 is 19.7 Å². The fourth-order valence-electron chi connectivity index (χ4n) is 1.59. The average molecular weight is 204 g/mol. The molecular weight excluding hydrogens is 188 g/mol. The minimum Gasteiger partial charge on any atom is -0.466 e. The van der Waals surface area contributed by atoms with Crippen LogP contribution in [0, 0.1) is 5.92 Å². The van der Waals surface area contributed by atoms with Gasteiger partial charge in [-0.05, 0) is 6.92 Å². The van der Waals surface area contributed by atoms with Crippen molar-refractivity contribution in [1.29, 1.82) is 0 Å². The zero-order valence-electron chi connectivity index (χ0n) is 8.18. The predicted molar refractivity (Wildman–Crippen MR) is 47.6 cm³/mol. The van der Waals surface area contributed by atoms with E-state index in [4.69, 9.17) is 14.6 Å². The first-order valence-electron chi connectivity index (χ1n) is 4.75. The van der Waals surface area contributed by atoms with Crippen LogP contribution >= 0.6 is 0 Å². The third-order valence-electron chi connectivity index (χ3n) is 2.34. The van der Waals surface area contributed by atoms with E-state index in [2.05, 4.69) is 0 Å². The fourth-order valence-corrected chi connectivity index (χ4v) is 1.59. The predicted octanol–water partition coefficient (Wildman–Crippen LogP) is -0.692. The highest BCUT2D eigenvalue weighted by atomic mass is 16.5. The molecule has 1 aliphatic heterocycles. The van der Waals surface area contributed by atoms with Crippen LogP contribution in [-0.2, 0) is 14.3 Å². The maximum atomic E-state index is 11.1. The van der Waals surface area contributed by atoms with Gasteiger partial charge in [0.25, 0.3) is 0 Å². The van der Waals surface area contributed by atoms with Gasteiger partial charge in [-0.15, -0.1) is 0 Å². The first-order chi connectivity index (χ1) is 6.69. The van der Waals surface area contributed by atoms with E-state index in [0.717, 1.165) is 0 Å². The van der Waals surface area contributed by atoms with Gasteiger partial charge in [-0.1, -0.05) is 0 Å². The highest BCUT2D eigenvalue weighted by Gasteiger charge is 2.37. The fraction of sp³-hybridized carbons (Fsp3) is 0.889. The third-order valence-corrected chi connectivity index (χ3v) is 2.34. The molecule has 0 aliphatic carbocycles. The number of rotatable bonds is 4. The van der Waals surface area contributed by atoms with Crippen LogP contribution in [0.3, 0.4) is 0 Å². The maximum Gasteiger partial charge on any atom is 0.306 e. The van der Waals surface area contributed by atoms with Crippen LogP contribution in [0.4, 0.5) is 0 Å². The Balaban J connectivity index is 2.44. The second-order valence-electron chi connectivity index (χ2n) is 3.29. The third kappa shape index (κ3) is 2.67. The Bertz CT molecular complexity index is 194. The van der Waals surface area contributed by atoms with Gasteiger partial charge in [-0.2, -0.15) is 0 Å². The summed E-state index contributed by atoms with van der Waals surface area (Å²) in [6, 6.07) is 0. The van der Waals surface area contributed by atoms with Crippen LogP contribution in [0.2, 0.25) is 0 Å². The molecule has 5 nitrogen and oxygen atoms in total. The normalized spacial score (nSPS) is 31.8. The molecule has 0 aromatic rings. The molecule has 0 aromatic carbocycles. The molecule has 0 saturated carbocycles. The van der Waals surface area contributed by atoms with Crippen molar-refractivity contribution in [3.05, 3.63) is 0 Å². The van der Waals surface area contributed by atoms with Crippen molar-refractivity contribution in [2.45, 2.75) is 25.6 Å². The van der Waals surface area contributed by atoms with Crippen LogP contribution in [0.25, 0.3) is 0 Å². The molecule has 0 bridgehead atoms. The highest BCUT2D eigenvalue weighted by Crippen LogP contribution is 2.24. The average Bonchev–Trinajstić information content (AvgIpc) is 2.48. The quantitative estimate of drug-likeness (QED) is 0.593. The number of esters is 1. The largest absolute Gasteiger partial charge is 0.466 e. The molecule has 5 heteroatoms. The molecule has 0 aromatic heterocycles. The first kappa shape index (κ1) is 11.4. The number of aliphatic hydroxyl groups excluding tert-OH is 2. The smallest absolute Gasteiger partial charge is 0.306 e. The van der Waals surface area contributed by atoms with Crippen molar-refractivity contribution < 1.29 is 24.5 Å². The molecule has 1 saturated heterocycles. The molecule has 3 atom stereocenters. The molecule has 0 spiro atoms. The van der Waals surface area contributed by atoms with Crippen molar-refractivity contribution in [3.63, 3.8) is 0 Å². The number of aliphatic hydroxyl groups is 2. The van der Waals surface area contributed by atoms with E-state index in [1.165, 1.54) is 0 Å². The minimum absolute atomic E-state index is 0.0975. The Morgan fingerprint density at radius 1 is 1.64 bits per heavy atom. The van der Waals surface area contributed by atoms with E-state index < -0.39 is 12.2 Å². The lowest BCUT2D eigenvalue weighted by Crippen LogP contribution is -2.29. The Hall–Kier alpha value is -0.650. The van der Waals surface area contributed by atoms with Gasteiger partial charge in [0.2, 0.25) is 0 Å². The van der Waals surface area contributed by atoms with Crippen molar-refractivity contribution in [2.75, 3.05) is 19.8 Å². The van der Waals surface area contributed by atoms with Gasteiger partial charge >= 0.3 is 5.97 Å². The molecule has 3 unspecified atom stereocenters. The van der Waals surface area contributed by atoms with E-state index in [0.29, 0.717) is 6.61 Å². The number of carbonyl (C=O) groups excluding carboxylic acids is 1. The van der Waals surface area contributed by atoms with Crippen LogP contribution in [0.5, 0.6) is 0 Å². The van der Waals surface area contributed by atoms with Gasteiger partial charge in [-0.3, -0.25) is 4.79 Å². The topological polar surface area (TPSA) is 76.0 Å². The summed E-state index contributed by atoms with van der Waals surface area (Å²) in [7, 11) is 0. The van der Waals surface area contributed by atoms with E-state index >= 15 is 0 Å². The van der Waals surface area contributed by atoms with E-state index in [1.807, 2.05) is 0 Å². The SMILES string of the molecule is CCOC(=O)CC1C(O)COC1CO. The van der Waals surface area contributed by atoms with Crippen molar-refractivity contribution in [3.8, 4) is 0 Å². The summed E-state index contributed by atoms with van der Waals surface area (Å²) in [6.07, 6.45) is -1.04. The molecular formula is C9H16O5. The highest BCUT2D eigenvalue weighted by molar-refractivity contribution is 5.69.